The van der Waals surface area contributed by atoms with Crippen molar-refractivity contribution in [2.24, 2.45) is 0 Å². The Kier molecular flexibility index (Phi) is 2.37. The van der Waals surface area contributed by atoms with E-state index in [9.17, 15) is 0 Å². The molecule has 0 atom stereocenters. The lowest BCUT2D eigenvalue weighted by Gasteiger charge is -2.04. The van der Waals surface area contributed by atoms with E-state index < -0.39 is 0 Å². The Morgan fingerprint density at radius 1 is 1.16 bits per heavy atom. The van der Waals surface area contributed by atoms with Crippen LogP contribution in [0.3, 0.4) is 0 Å². The average molecular weight is 249 g/mol. The highest BCUT2D eigenvalue weighted by atomic mass is 15.3. The van der Waals surface area contributed by atoms with Gasteiger partial charge in [0.1, 0.15) is 0 Å². The van der Waals surface area contributed by atoms with Gasteiger partial charge in [-0.15, -0.1) is 0 Å². The molecule has 0 saturated heterocycles. The summed E-state index contributed by atoms with van der Waals surface area (Å²) in [6.07, 6.45) is 8.35. The summed E-state index contributed by atoms with van der Waals surface area (Å²) < 4.78 is 2.04. The molecule has 3 nitrogen and oxygen atoms in total. The van der Waals surface area contributed by atoms with Crippen molar-refractivity contribution in [2.45, 2.75) is 25.3 Å². The summed E-state index contributed by atoms with van der Waals surface area (Å²) in [7, 11) is 0. The Labute approximate surface area is 111 Å². The highest BCUT2D eigenvalue weighted by molar-refractivity contribution is 5.79. The summed E-state index contributed by atoms with van der Waals surface area (Å²) in [5.74, 6) is 0.797. The van der Waals surface area contributed by atoms with Crippen molar-refractivity contribution in [2.75, 3.05) is 0 Å². The molecule has 94 valence electrons. The van der Waals surface area contributed by atoms with Gasteiger partial charge < -0.3 is 0 Å². The van der Waals surface area contributed by atoms with Crippen LogP contribution >= 0.6 is 0 Å². The van der Waals surface area contributed by atoms with Crippen LogP contribution in [0.2, 0.25) is 0 Å². The van der Waals surface area contributed by atoms with Crippen molar-refractivity contribution in [1.29, 1.82) is 0 Å². The average Bonchev–Trinajstić information content (AvgIpc) is 3.23. The molecule has 1 aromatic carbocycles. The van der Waals surface area contributed by atoms with Gasteiger partial charge in [0.05, 0.1) is 18.3 Å². The van der Waals surface area contributed by atoms with E-state index in [0.29, 0.717) is 0 Å². The largest absolute Gasteiger partial charge is 0.264 e. The van der Waals surface area contributed by atoms with Gasteiger partial charge in [0, 0.05) is 17.8 Å². The first kappa shape index (κ1) is 10.7. The molecule has 0 aliphatic heterocycles. The van der Waals surface area contributed by atoms with Crippen molar-refractivity contribution in [3.05, 3.63) is 60.0 Å². The maximum absolute atomic E-state index is 4.50. The fraction of sp³-hybridized carbons (Fsp3) is 0.250. The van der Waals surface area contributed by atoms with Gasteiger partial charge in [-0.2, -0.15) is 5.10 Å². The molecule has 2 aromatic heterocycles. The molecule has 19 heavy (non-hydrogen) atoms. The first-order valence-electron chi connectivity index (χ1n) is 6.74. The molecule has 3 heteroatoms. The Morgan fingerprint density at radius 2 is 2.11 bits per heavy atom. The van der Waals surface area contributed by atoms with Crippen LogP contribution in [0, 0.1) is 0 Å². The first-order valence-corrected chi connectivity index (χ1v) is 6.74. The van der Waals surface area contributed by atoms with E-state index in [-0.39, 0.29) is 0 Å². The van der Waals surface area contributed by atoms with Crippen LogP contribution in [0.25, 0.3) is 10.9 Å². The third kappa shape index (κ3) is 2.01. The second-order valence-electron chi connectivity index (χ2n) is 5.26. The van der Waals surface area contributed by atoms with Crippen LogP contribution in [-0.2, 0) is 6.54 Å². The van der Waals surface area contributed by atoms with Crippen LogP contribution in [0.1, 0.15) is 29.9 Å². The first-order chi connectivity index (χ1) is 9.40. The number of fused-ring (bicyclic) bond motifs is 1. The summed E-state index contributed by atoms with van der Waals surface area (Å²) in [4.78, 5) is 4.15. The molecule has 1 aliphatic rings. The molecular formula is C16H15N3. The lowest BCUT2D eigenvalue weighted by atomic mass is 10.1. The minimum absolute atomic E-state index is 0.778. The molecule has 0 bridgehead atoms. The Hall–Kier alpha value is -2.16. The van der Waals surface area contributed by atoms with Crippen molar-refractivity contribution in [3.63, 3.8) is 0 Å². The fourth-order valence-corrected chi connectivity index (χ4v) is 2.57. The summed E-state index contributed by atoms with van der Waals surface area (Å²) in [6.45, 7) is 0.778. The number of aromatic nitrogens is 3. The molecule has 0 unspecified atom stereocenters. The van der Waals surface area contributed by atoms with Gasteiger partial charge in [-0.1, -0.05) is 12.1 Å². The van der Waals surface area contributed by atoms with Gasteiger partial charge in [-0.3, -0.25) is 9.67 Å². The molecule has 3 aromatic rings. The van der Waals surface area contributed by atoms with E-state index in [4.69, 9.17) is 0 Å². The molecule has 0 spiro atoms. The molecule has 2 heterocycles. The maximum atomic E-state index is 4.50. The van der Waals surface area contributed by atoms with E-state index >= 15 is 0 Å². The Balaban J connectivity index is 1.71. The number of pyridine rings is 1. The minimum Gasteiger partial charge on any atom is -0.264 e. The molecule has 0 radical (unpaired) electrons. The van der Waals surface area contributed by atoms with Crippen molar-refractivity contribution in [1.82, 2.24) is 14.8 Å². The standard InChI is InChI=1S/C16H15N3/c1-2-12(9-17-7-1)11-19-16-6-5-14(13-3-4-13)8-15(16)10-18-19/h1-2,5-10,13H,3-4,11H2. The highest BCUT2D eigenvalue weighted by Crippen LogP contribution is 2.40. The normalized spacial score (nSPS) is 14.9. The summed E-state index contributed by atoms with van der Waals surface area (Å²) >= 11 is 0. The zero-order valence-electron chi connectivity index (χ0n) is 10.7. The SMILES string of the molecule is c1cncc(Cn2ncc3cc(C4CC4)ccc32)c1. The van der Waals surface area contributed by atoms with Gasteiger partial charge in [0.25, 0.3) is 0 Å². The number of rotatable bonds is 3. The molecule has 0 amide bonds. The Morgan fingerprint density at radius 3 is 2.89 bits per heavy atom. The smallest absolute Gasteiger partial charge is 0.0686 e. The topological polar surface area (TPSA) is 30.7 Å². The quantitative estimate of drug-likeness (QED) is 0.712. The molecule has 1 saturated carbocycles. The number of hydrogen-bond acceptors (Lipinski definition) is 2. The molecular weight excluding hydrogens is 234 g/mol. The van der Waals surface area contributed by atoms with Crippen LogP contribution < -0.4 is 0 Å². The molecule has 0 N–H and O–H groups in total. The highest BCUT2D eigenvalue weighted by Gasteiger charge is 2.23. The van der Waals surface area contributed by atoms with Gasteiger partial charge >= 0.3 is 0 Å². The maximum Gasteiger partial charge on any atom is 0.0686 e. The third-order valence-corrected chi connectivity index (χ3v) is 3.77. The van der Waals surface area contributed by atoms with Crippen LogP contribution in [0.5, 0.6) is 0 Å². The van der Waals surface area contributed by atoms with Crippen LogP contribution in [0.4, 0.5) is 0 Å². The van der Waals surface area contributed by atoms with E-state index in [2.05, 4.69) is 34.3 Å². The van der Waals surface area contributed by atoms with E-state index in [1.165, 1.54) is 34.9 Å². The molecule has 4 rings (SSSR count). The fourth-order valence-electron chi connectivity index (χ4n) is 2.57. The second kappa shape index (κ2) is 4.19. The second-order valence-corrected chi connectivity index (χ2v) is 5.26. The number of nitrogens with zero attached hydrogens (tertiary/aromatic N) is 3. The lowest BCUT2D eigenvalue weighted by molar-refractivity contribution is 0.710. The van der Waals surface area contributed by atoms with Gasteiger partial charge in [0.15, 0.2) is 0 Å². The summed E-state index contributed by atoms with van der Waals surface area (Å²) in [6, 6.07) is 10.8. The van der Waals surface area contributed by atoms with Gasteiger partial charge in [0.2, 0.25) is 0 Å². The molecule has 1 fully saturated rings. The third-order valence-electron chi connectivity index (χ3n) is 3.77. The minimum atomic E-state index is 0.778. The van der Waals surface area contributed by atoms with E-state index in [1.807, 2.05) is 23.1 Å². The zero-order valence-corrected chi connectivity index (χ0v) is 10.7. The predicted molar refractivity (Wildman–Crippen MR) is 75.0 cm³/mol. The van der Waals surface area contributed by atoms with Crippen LogP contribution in [-0.4, -0.2) is 14.8 Å². The van der Waals surface area contributed by atoms with Crippen LogP contribution in [0.15, 0.2) is 48.9 Å². The van der Waals surface area contributed by atoms with Crippen molar-refractivity contribution < 1.29 is 0 Å². The summed E-state index contributed by atoms with van der Waals surface area (Å²) in [5.41, 5.74) is 3.85. The van der Waals surface area contributed by atoms with Crippen molar-refractivity contribution in [3.8, 4) is 0 Å². The predicted octanol–water partition coefficient (Wildman–Crippen LogP) is 3.36. The van der Waals surface area contributed by atoms with E-state index in [0.717, 1.165) is 12.5 Å². The number of hydrogen-bond donors (Lipinski definition) is 0. The van der Waals surface area contributed by atoms with E-state index in [1.54, 1.807) is 6.20 Å². The monoisotopic (exact) mass is 249 g/mol. The number of benzene rings is 1. The van der Waals surface area contributed by atoms with Gasteiger partial charge in [-0.05, 0) is 48.1 Å². The van der Waals surface area contributed by atoms with Gasteiger partial charge in [-0.25, -0.2) is 0 Å². The Bertz CT molecular complexity index is 711. The molecule has 1 aliphatic carbocycles. The summed E-state index contributed by atoms with van der Waals surface area (Å²) in [5, 5.41) is 5.74. The lowest BCUT2D eigenvalue weighted by Crippen LogP contribution is -2.01. The zero-order chi connectivity index (χ0) is 12.7. The van der Waals surface area contributed by atoms with Crippen molar-refractivity contribution >= 4 is 10.9 Å².